The predicted molar refractivity (Wildman–Crippen MR) is 86.1 cm³/mol. The number of fused-ring (bicyclic) bond motifs is 1. The highest BCUT2D eigenvalue weighted by Gasteiger charge is 2.14. The number of nitrogens with one attached hydrogen (secondary N) is 1. The normalized spacial score (nSPS) is 10.2. The number of nitro benzene ring substituents is 1. The molecule has 0 aliphatic rings. The van der Waals surface area contributed by atoms with E-state index in [9.17, 15) is 14.9 Å². The van der Waals surface area contributed by atoms with Crippen LogP contribution in [0.5, 0.6) is 0 Å². The summed E-state index contributed by atoms with van der Waals surface area (Å²) in [5.74, 6) is 0. The lowest BCUT2D eigenvalue weighted by Gasteiger charge is -2.08. The molecule has 1 heterocycles. The van der Waals surface area contributed by atoms with Crippen molar-refractivity contribution in [3.05, 3.63) is 69.3 Å². The van der Waals surface area contributed by atoms with Crippen molar-refractivity contribution < 1.29 is 9.72 Å². The summed E-state index contributed by atoms with van der Waals surface area (Å²) in [5.41, 5.74) is 9.69. The number of nitrogens with zero attached hydrogens (tertiary/aromatic N) is 6. The number of non-ortho nitro benzene ring substituents is 1. The molecule has 3 rings (SSSR count). The Labute approximate surface area is 134 Å². The first-order valence-electron chi connectivity index (χ1n) is 6.67. The third-order valence-electron chi connectivity index (χ3n) is 3.26. The van der Waals surface area contributed by atoms with Crippen molar-refractivity contribution in [1.29, 1.82) is 0 Å². The lowest BCUT2D eigenvalue weighted by Crippen LogP contribution is -2.18. The van der Waals surface area contributed by atoms with Crippen molar-refractivity contribution in [2.24, 2.45) is 5.11 Å². The number of benzene rings is 2. The first-order chi connectivity index (χ1) is 11.6. The van der Waals surface area contributed by atoms with E-state index < -0.39 is 11.0 Å². The molecule has 118 valence electrons. The topological polar surface area (TPSA) is 139 Å². The fourth-order valence-electron chi connectivity index (χ4n) is 2.17. The molecule has 0 unspecified atom stereocenters. The summed E-state index contributed by atoms with van der Waals surface area (Å²) in [5, 5.41) is 16.7. The standard InChI is InChI=1S/C14H9N7O3/c15-19-18-12-7-9(21(23)24)5-6-10(12)17-14(22)20-8-16-11-3-1-2-4-13(11)20/h1-8H,(H,17,22). The van der Waals surface area contributed by atoms with Crippen LogP contribution in [-0.2, 0) is 0 Å². The Morgan fingerprint density at radius 2 is 2.12 bits per heavy atom. The van der Waals surface area contributed by atoms with E-state index in [0.29, 0.717) is 11.0 Å². The van der Waals surface area contributed by atoms with E-state index in [-0.39, 0.29) is 17.1 Å². The van der Waals surface area contributed by atoms with Gasteiger partial charge in [-0.2, -0.15) is 0 Å². The Kier molecular flexibility index (Phi) is 3.79. The number of amides is 1. The number of imidazole rings is 1. The summed E-state index contributed by atoms with van der Waals surface area (Å²) in [6.07, 6.45) is 1.36. The number of rotatable bonds is 3. The Morgan fingerprint density at radius 3 is 2.88 bits per heavy atom. The maximum Gasteiger partial charge on any atom is 0.331 e. The summed E-state index contributed by atoms with van der Waals surface area (Å²) in [4.78, 5) is 29.3. The molecule has 1 N–H and O–H groups in total. The number of para-hydroxylation sites is 2. The number of hydrogen-bond donors (Lipinski definition) is 1. The highest BCUT2D eigenvalue weighted by atomic mass is 16.6. The number of anilines is 1. The molecular weight excluding hydrogens is 314 g/mol. The predicted octanol–water partition coefficient (Wildman–Crippen LogP) is 3.97. The van der Waals surface area contributed by atoms with Crippen molar-refractivity contribution in [3.8, 4) is 0 Å². The summed E-state index contributed by atoms with van der Waals surface area (Å²) in [6, 6.07) is 10.1. The van der Waals surface area contributed by atoms with Gasteiger partial charge in [0.1, 0.15) is 6.33 Å². The van der Waals surface area contributed by atoms with Crippen molar-refractivity contribution in [2.75, 3.05) is 5.32 Å². The van der Waals surface area contributed by atoms with Gasteiger partial charge in [0, 0.05) is 17.0 Å². The van der Waals surface area contributed by atoms with Gasteiger partial charge in [-0.05, 0) is 23.7 Å². The molecule has 24 heavy (non-hydrogen) atoms. The zero-order chi connectivity index (χ0) is 17.1. The fraction of sp³-hybridized carbons (Fsp3) is 0. The first kappa shape index (κ1) is 15.0. The highest BCUT2D eigenvalue weighted by Crippen LogP contribution is 2.30. The average molecular weight is 323 g/mol. The van der Waals surface area contributed by atoms with Crippen molar-refractivity contribution in [2.45, 2.75) is 0 Å². The van der Waals surface area contributed by atoms with Crippen LogP contribution in [0.25, 0.3) is 21.5 Å². The molecule has 0 aliphatic heterocycles. The Bertz CT molecular complexity index is 1000. The second-order valence-electron chi connectivity index (χ2n) is 4.68. The number of azide groups is 1. The van der Waals surface area contributed by atoms with Crippen LogP contribution in [0.3, 0.4) is 0 Å². The molecule has 3 aromatic rings. The van der Waals surface area contributed by atoms with Gasteiger partial charge in [0.2, 0.25) is 0 Å². The molecule has 0 saturated carbocycles. The van der Waals surface area contributed by atoms with Gasteiger partial charge in [0.25, 0.3) is 5.69 Å². The van der Waals surface area contributed by atoms with Crippen LogP contribution in [0.2, 0.25) is 0 Å². The number of carbonyl (C=O) groups excluding carboxylic acids is 1. The zero-order valence-corrected chi connectivity index (χ0v) is 12.0. The Morgan fingerprint density at radius 1 is 1.33 bits per heavy atom. The van der Waals surface area contributed by atoms with Crippen molar-refractivity contribution >= 4 is 34.1 Å². The largest absolute Gasteiger partial charge is 0.331 e. The lowest BCUT2D eigenvalue weighted by atomic mass is 10.2. The van der Waals surface area contributed by atoms with Crippen LogP contribution in [0.4, 0.5) is 21.9 Å². The molecule has 1 aromatic heterocycles. The molecule has 10 nitrogen and oxygen atoms in total. The van der Waals surface area contributed by atoms with E-state index in [4.69, 9.17) is 5.53 Å². The summed E-state index contributed by atoms with van der Waals surface area (Å²) in [7, 11) is 0. The van der Waals surface area contributed by atoms with Gasteiger partial charge in [-0.25, -0.2) is 9.78 Å². The number of hydrogen-bond acceptors (Lipinski definition) is 5. The number of nitro groups is 1. The molecule has 0 radical (unpaired) electrons. The van der Waals surface area contributed by atoms with Crippen molar-refractivity contribution in [3.63, 3.8) is 0 Å². The minimum Gasteiger partial charge on any atom is -0.307 e. The quantitative estimate of drug-likeness (QED) is 0.256. The second kappa shape index (κ2) is 6.07. The second-order valence-corrected chi connectivity index (χ2v) is 4.68. The van der Waals surface area contributed by atoms with E-state index in [1.54, 1.807) is 24.3 Å². The summed E-state index contributed by atoms with van der Waals surface area (Å²) in [6.45, 7) is 0. The minimum atomic E-state index is -0.620. The fourth-order valence-corrected chi connectivity index (χ4v) is 2.17. The molecule has 0 fully saturated rings. The SMILES string of the molecule is [N-]=[N+]=Nc1cc([N+](=O)[O-])ccc1NC(=O)n1cnc2ccccc21. The van der Waals surface area contributed by atoms with Gasteiger partial charge in [-0.15, -0.1) is 0 Å². The van der Waals surface area contributed by atoms with Gasteiger partial charge in [-0.3, -0.25) is 14.7 Å². The Balaban J connectivity index is 1.97. The van der Waals surface area contributed by atoms with E-state index in [1.807, 2.05) is 0 Å². The maximum absolute atomic E-state index is 12.4. The molecular formula is C14H9N7O3. The van der Waals surface area contributed by atoms with E-state index in [0.717, 1.165) is 6.07 Å². The lowest BCUT2D eigenvalue weighted by molar-refractivity contribution is -0.384. The van der Waals surface area contributed by atoms with E-state index in [1.165, 1.54) is 23.0 Å². The smallest absolute Gasteiger partial charge is 0.307 e. The van der Waals surface area contributed by atoms with Gasteiger partial charge in [-0.1, -0.05) is 17.2 Å². The van der Waals surface area contributed by atoms with Crippen LogP contribution >= 0.6 is 0 Å². The van der Waals surface area contributed by atoms with Gasteiger partial charge >= 0.3 is 6.03 Å². The van der Waals surface area contributed by atoms with Gasteiger partial charge in [0.05, 0.1) is 27.3 Å². The molecule has 0 atom stereocenters. The van der Waals surface area contributed by atoms with Crippen LogP contribution in [0.15, 0.2) is 53.9 Å². The van der Waals surface area contributed by atoms with Gasteiger partial charge < -0.3 is 5.32 Å². The maximum atomic E-state index is 12.4. The minimum absolute atomic E-state index is 0.0514. The van der Waals surface area contributed by atoms with Crippen LogP contribution in [0.1, 0.15) is 0 Å². The highest BCUT2D eigenvalue weighted by molar-refractivity contribution is 5.99. The first-order valence-corrected chi connectivity index (χ1v) is 6.67. The van der Waals surface area contributed by atoms with Crippen molar-refractivity contribution in [1.82, 2.24) is 9.55 Å². The molecule has 0 aliphatic carbocycles. The summed E-state index contributed by atoms with van der Waals surface area (Å²) >= 11 is 0. The third kappa shape index (κ3) is 2.72. The van der Waals surface area contributed by atoms with E-state index >= 15 is 0 Å². The molecule has 2 aromatic carbocycles. The van der Waals surface area contributed by atoms with Gasteiger partial charge in [0.15, 0.2) is 0 Å². The van der Waals surface area contributed by atoms with Crippen LogP contribution in [0, 0.1) is 10.1 Å². The molecule has 0 spiro atoms. The molecule has 10 heteroatoms. The van der Waals surface area contributed by atoms with Crippen LogP contribution in [-0.4, -0.2) is 20.5 Å². The Hall–Kier alpha value is -3.91. The number of carbonyl (C=O) groups is 1. The van der Waals surface area contributed by atoms with E-state index in [2.05, 4.69) is 20.3 Å². The molecule has 0 saturated heterocycles. The average Bonchev–Trinajstić information content (AvgIpc) is 3.00. The summed E-state index contributed by atoms with van der Waals surface area (Å²) < 4.78 is 1.29. The van der Waals surface area contributed by atoms with Crippen LogP contribution < -0.4 is 5.32 Å². The zero-order valence-electron chi connectivity index (χ0n) is 12.0. The molecule has 1 amide bonds. The third-order valence-corrected chi connectivity index (χ3v) is 3.26. The number of aromatic nitrogens is 2. The monoisotopic (exact) mass is 323 g/mol. The molecule has 0 bridgehead atoms.